The van der Waals surface area contributed by atoms with Crippen LogP contribution in [-0.2, 0) is 4.79 Å². The first-order valence-corrected chi connectivity index (χ1v) is 5.68. The van der Waals surface area contributed by atoms with Gasteiger partial charge in [0, 0.05) is 14.9 Å². The van der Waals surface area contributed by atoms with Gasteiger partial charge in [-0.2, -0.15) is 0 Å². The van der Waals surface area contributed by atoms with E-state index in [-0.39, 0.29) is 5.56 Å². The number of rotatable bonds is 3. The molecule has 0 heterocycles. The van der Waals surface area contributed by atoms with Crippen LogP contribution >= 0.6 is 27.7 Å². The van der Waals surface area contributed by atoms with Gasteiger partial charge < -0.3 is 5.11 Å². The Labute approximate surface area is 93.6 Å². The number of Topliss-reactive ketones (excluding diaryl/α,β-unsaturated/α-hetero) is 1. The molecule has 0 fully saturated rings. The molecule has 1 rings (SSSR count). The molecule has 0 aromatic heterocycles. The van der Waals surface area contributed by atoms with Crippen molar-refractivity contribution < 1.29 is 14.7 Å². The van der Waals surface area contributed by atoms with Crippen molar-refractivity contribution in [2.24, 2.45) is 0 Å². The molecule has 1 aromatic rings. The SMILES string of the molecule is CSc1cc(Br)cc(C(=O)C(=O)O)c1. The number of aliphatic carboxylic acids is 1. The minimum Gasteiger partial charge on any atom is -0.475 e. The fourth-order valence-corrected chi connectivity index (χ4v) is 2.07. The number of halogens is 1. The van der Waals surface area contributed by atoms with Gasteiger partial charge in [-0.1, -0.05) is 15.9 Å². The quantitative estimate of drug-likeness (QED) is 0.523. The number of carbonyl (C=O) groups is 2. The van der Waals surface area contributed by atoms with Crippen LogP contribution in [0.4, 0.5) is 0 Å². The molecule has 0 radical (unpaired) electrons. The average molecular weight is 275 g/mol. The maximum Gasteiger partial charge on any atom is 0.377 e. The molecule has 14 heavy (non-hydrogen) atoms. The average Bonchev–Trinajstić information content (AvgIpc) is 2.15. The van der Waals surface area contributed by atoms with E-state index >= 15 is 0 Å². The second-order valence-electron chi connectivity index (χ2n) is 2.51. The Morgan fingerprint density at radius 2 is 2.00 bits per heavy atom. The van der Waals surface area contributed by atoms with Crippen LogP contribution in [0.25, 0.3) is 0 Å². The fraction of sp³-hybridized carbons (Fsp3) is 0.111. The molecule has 1 N–H and O–H groups in total. The monoisotopic (exact) mass is 274 g/mol. The molecule has 0 unspecified atom stereocenters. The molecule has 5 heteroatoms. The van der Waals surface area contributed by atoms with Crippen molar-refractivity contribution in [2.45, 2.75) is 4.90 Å². The fourth-order valence-electron chi connectivity index (χ4n) is 0.935. The van der Waals surface area contributed by atoms with E-state index in [2.05, 4.69) is 15.9 Å². The van der Waals surface area contributed by atoms with E-state index < -0.39 is 11.8 Å². The van der Waals surface area contributed by atoms with E-state index in [4.69, 9.17) is 5.11 Å². The largest absolute Gasteiger partial charge is 0.475 e. The molecular formula is C9H7BrO3S. The predicted octanol–water partition coefficient (Wildman–Crippen LogP) is 2.44. The predicted molar refractivity (Wildman–Crippen MR) is 57.9 cm³/mol. The third-order valence-corrected chi connectivity index (χ3v) is 2.73. The summed E-state index contributed by atoms with van der Waals surface area (Å²) in [6.45, 7) is 0. The Morgan fingerprint density at radius 1 is 1.36 bits per heavy atom. The molecule has 0 saturated carbocycles. The number of carbonyl (C=O) groups excluding carboxylic acids is 1. The molecule has 0 amide bonds. The number of hydrogen-bond donors (Lipinski definition) is 1. The summed E-state index contributed by atoms with van der Waals surface area (Å²) < 4.78 is 0.703. The normalized spacial score (nSPS) is 9.86. The smallest absolute Gasteiger partial charge is 0.377 e. The summed E-state index contributed by atoms with van der Waals surface area (Å²) in [5.74, 6) is -2.32. The summed E-state index contributed by atoms with van der Waals surface area (Å²) >= 11 is 4.66. The highest BCUT2D eigenvalue weighted by Gasteiger charge is 2.15. The molecular weight excluding hydrogens is 268 g/mol. The van der Waals surface area contributed by atoms with Crippen LogP contribution in [0, 0.1) is 0 Å². The van der Waals surface area contributed by atoms with Crippen LogP contribution in [0.1, 0.15) is 10.4 Å². The van der Waals surface area contributed by atoms with E-state index in [1.165, 1.54) is 17.8 Å². The lowest BCUT2D eigenvalue weighted by molar-refractivity contribution is -0.131. The zero-order chi connectivity index (χ0) is 10.7. The van der Waals surface area contributed by atoms with Crippen LogP contribution < -0.4 is 0 Å². The van der Waals surface area contributed by atoms with Gasteiger partial charge in [0.2, 0.25) is 0 Å². The first-order chi connectivity index (χ1) is 6.54. The second kappa shape index (κ2) is 4.61. The molecule has 0 aliphatic heterocycles. The Bertz CT molecular complexity index is 390. The van der Waals surface area contributed by atoms with E-state index in [1.807, 2.05) is 12.3 Å². The number of benzene rings is 1. The Morgan fingerprint density at radius 3 is 2.50 bits per heavy atom. The lowest BCUT2D eigenvalue weighted by Crippen LogP contribution is -2.12. The highest BCUT2D eigenvalue weighted by molar-refractivity contribution is 9.10. The van der Waals surface area contributed by atoms with Gasteiger partial charge in [-0.3, -0.25) is 4.79 Å². The van der Waals surface area contributed by atoms with Gasteiger partial charge >= 0.3 is 5.97 Å². The van der Waals surface area contributed by atoms with Gasteiger partial charge in [0.05, 0.1) is 0 Å². The molecule has 0 aliphatic carbocycles. The molecule has 0 atom stereocenters. The topological polar surface area (TPSA) is 54.4 Å². The van der Waals surface area contributed by atoms with Gasteiger partial charge in [0.1, 0.15) is 0 Å². The standard InChI is InChI=1S/C9H7BrO3S/c1-14-7-3-5(2-6(10)4-7)8(11)9(12)13/h2-4H,1H3,(H,12,13). The van der Waals surface area contributed by atoms with Crippen molar-refractivity contribution in [3.8, 4) is 0 Å². The van der Waals surface area contributed by atoms with E-state index in [1.54, 1.807) is 6.07 Å². The van der Waals surface area contributed by atoms with Crippen LogP contribution in [0.2, 0.25) is 0 Å². The van der Waals surface area contributed by atoms with Crippen LogP contribution in [0.3, 0.4) is 0 Å². The first-order valence-electron chi connectivity index (χ1n) is 3.67. The minimum absolute atomic E-state index is 0.191. The van der Waals surface area contributed by atoms with E-state index in [0.717, 1.165) is 4.90 Å². The number of ketones is 1. The summed E-state index contributed by atoms with van der Waals surface area (Å²) in [7, 11) is 0. The Balaban J connectivity index is 3.15. The third kappa shape index (κ3) is 2.59. The van der Waals surface area contributed by atoms with E-state index in [9.17, 15) is 9.59 Å². The minimum atomic E-state index is -1.44. The van der Waals surface area contributed by atoms with Crippen molar-refractivity contribution in [1.82, 2.24) is 0 Å². The van der Waals surface area contributed by atoms with Crippen LogP contribution in [0.15, 0.2) is 27.6 Å². The molecule has 0 spiro atoms. The second-order valence-corrected chi connectivity index (χ2v) is 4.31. The summed E-state index contributed by atoms with van der Waals surface area (Å²) in [6, 6.07) is 4.88. The molecule has 0 aliphatic rings. The number of carboxylic acids is 1. The maximum atomic E-state index is 11.1. The number of carboxylic acid groups (broad SMARTS) is 1. The Hall–Kier alpha value is -0.810. The third-order valence-electron chi connectivity index (χ3n) is 1.56. The van der Waals surface area contributed by atoms with Crippen LogP contribution in [-0.4, -0.2) is 23.1 Å². The van der Waals surface area contributed by atoms with Crippen molar-refractivity contribution in [2.75, 3.05) is 6.26 Å². The lowest BCUT2D eigenvalue weighted by atomic mass is 10.1. The van der Waals surface area contributed by atoms with Gasteiger partial charge in [-0.25, -0.2) is 4.79 Å². The molecule has 3 nitrogen and oxygen atoms in total. The molecule has 1 aromatic carbocycles. The molecule has 74 valence electrons. The van der Waals surface area contributed by atoms with Crippen LogP contribution in [0.5, 0.6) is 0 Å². The zero-order valence-electron chi connectivity index (χ0n) is 7.28. The van der Waals surface area contributed by atoms with Gasteiger partial charge in [0.25, 0.3) is 5.78 Å². The number of thioether (sulfide) groups is 1. The summed E-state index contributed by atoms with van der Waals surface area (Å²) in [6.07, 6.45) is 1.86. The van der Waals surface area contributed by atoms with Crippen molar-refractivity contribution in [3.63, 3.8) is 0 Å². The summed E-state index contributed by atoms with van der Waals surface area (Å²) in [5.41, 5.74) is 0.191. The zero-order valence-corrected chi connectivity index (χ0v) is 9.68. The van der Waals surface area contributed by atoms with Gasteiger partial charge in [-0.15, -0.1) is 11.8 Å². The summed E-state index contributed by atoms with van der Waals surface area (Å²) in [5, 5.41) is 8.52. The maximum absolute atomic E-state index is 11.1. The number of hydrogen-bond acceptors (Lipinski definition) is 3. The van der Waals surface area contributed by atoms with E-state index in [0.29, 0.717) is 4.47 Å². The first kappa shape index (κ1) is 11.3. The highest BCUT2D eigenvalue weighted by Crippen LogP contribution is 2.22. The van der Waals surface area contributed by atoms with Gasteiger partial charge in [-0.05, 0) is 24.5 Å². The van der Waals surface area contributed by atoms with Crippen molar-refractivity contribution in [1.29, 1.82) is 0 Å². The van der Waals surface area contributed by atoms with Gasteiger partial charge in [0.15, 0.2) is 0 Å². The van der Waals surface area contributed by atoms with Crippen molar-refractivity contribution >= 4 is 39.4 Å². The highest BCUT2D eigenvalue weighted by atomic mass is 79.9. The molecule has 0 saturated heterocycles. The summed E-state index contributed by atoms with van der Waals surface area (Å²) in [4.78, 5) is 22.4. The molecule has 0 bridgehead atoms. The van der Waals surface area contributed by atoms with Crippen molar-refractivity contribution in [3.05, 3.63) is 28.2 Å². The lowest BCUT2D eigenvalue weighted by Gasteiger charge is -2.01. The Kier molecular flexibility index (Phi) is 3.71.